The molecule has 1 aromatic rings. The van der Waals surface area contributed by atoms with Crippen molar-refractivity contribution in [3.05, 3.63) is 22.9 Å². The van der Waals surface area contributed by atoms with Gasteiger partial charge in [0.05, 0.1) is 12.3 Å². The van der Waals surface area contributed by atoms with E-state index in [-0.39, 0.29) is 30.2 Å². The third-order valence-electron chi connectivity index (χ3n) is 2.09. The number of hydrogen-bond donors (Lipinski definition) is 2. The summed E-state index contributed by atoms with van der Waals surface area (Å²) in [6, 6.07) is 0.979. The van der Waals surface area contributed by atoms with Crippen molar-refractivity contribution < 1.29 is 18.3 Å². The monoisotopic (exact) mass is 245 g/mol. The molecule has 0 aliphatic heterocycles. The van der Waals surface area contributed by atoms with E-state index in [1.165, 1.54) is 0 Å². The van der Waals surface area contributed by atoms with Crippen LogP contribution in [0.2, 0.25) is 0 Å². The van der Waals surface area contributed by atoms with E-state index in [9.17, 15) is 13.6 Å². The zero-order valence-electron chi connectivity index (χ0n) is 9.24. The standard InChI is InChI=1S/C10H13F2N3O2/c1-2-17-10(16)6-3-5(8(11)12)7(4-13)15-9(6)14/h3,8H,2,4,13H2,1H3,(H2,14,15). The Morgan fingerprint density at radius 3 is 2.71 bits per heavy atom. The lowest BCUT2D eigenvalue weighted by molar-refractivity contribution is 0.0526. The molecule has 0 unspecified atom stereocenters. The maximum Gasteiger partial charge on any atom is 0.341 e. The number of hydrogen-bond acceptors (Lipinski definition) is 5. The topological polar surface area (TPSA) is 91.2 Å². The summed E-state index contributed by atoms with van der Waals surface area (Å²) in [4.78, 5) is 15.1. The van der Waals surface area contributed by atoms with E-state index in [4.69, 9.17) is 11.5 Å². The van der Waals surface area contributed by atoms with Crippen LogP contribution >= 0.6 is 0 Å². The number of carbonyl (C=O) groups excluding carboxylic acids is 1. The molecule has 1 aromatic heterocycles. The third kappa shape index (κ3) is 2.88. The Balaban J connectivity index is 3.24. The maximum absolute atomic E-state index is 12.7. The molecule has 5 nitrogen and oxygen atoms in total. The Bertz CT molecular complexity index is 424. The minimum atomic E-state index is -2.77. The normalized spacial score (nSPS) is 10.6. The van der Waals surface area contributed by atoms with Crippen LogP contribution in [0.25, 0.3) is 0 Å². The van der Waals surface area contributed by atoms with Crippen LogP contribution in [-0.4, -0.2) is 17.6 Å². The molecule has 0 radical (unpaired) electrons. The zero-order valence-corrected chi connectivity index (χ0v) is 9.24. The van der Waals surface area contributed by atoms with Gasteiger partial charge in [-0.05, 0) is 13.0 Å². The maximum atomic E-state index is 12.7. The van der Waals surface area contributed by atoms with Crippen LogP contribution in [0.15, 0.2) is 6.07 Å². The predicted molar refractivity (Wildman–Crippen MR) is 57.5 cm³/mol. The smallest absolute Gasteiger partial charge is 0.341 e. The molecule has 0 amide bonds. The molecule has 1 heterocycles. The molecule has 0 aliphatic rings. The molecule has 1 rings (SSSR count). The number of carbonyl (C=O) groups is 1. The summed E-state index contributed by atoms with van der Waals surface area (Å²) in [6.45, 7) is 1.55. The van der Waals surface area contributed by atoms with Gasteiger partial charge in [-0.1, -0.05) is 0 Å². The fourth-order valence-corrected chi connectivity index (χ4v) is 1.31. The second kappa shape index (κ2) is 5.53. The molecule has 7 heteroatoms. The molecule has 0 atom stereocenters. The van der Waals surface area contributed by atoms with E-state index in [1.807, 2.05) is 0 Å². The minimum absolute atomic E-state index is 0.0226. The number of nitrogens with two attached hydrogens (primary N) is 2. The van der Waals surface area contributed by atoms with Crippen molar-refractivity contribution in [3.63, 3.8) is 0 Å². The van der Waals surface area contributed by atoms with Crippen LogP contribution in [0.4, 0.5) is 14.6 Å². The largest absolute Gasteiger partial charge is 0.462 e. The highest BCUT2D eigenvalue weighted by Gasteiger charge is 2.20. The van der Waals surface area contributed by atoms with Crippen molar-refractivity contribution in [3.8, 4) is 0 Å². The number of esters is 1. The van der Waals surface area contributed by atoms with Gasteiger partial charge in [-0.3, -0.25) is 0 Å². The molecule has 0 spiro atoms. The number of halogens is 2. The van der Waals surface area contributed by atoms with Crippen LogP contribution in [0.3, 0.4) is 0 Å². The highest BCUT2D eigenvalue weighted by atomic mass is 19.3. The first-order chi connectivity index (χ1) is 8.01. The van der Waals surface area contributed by atoms with Gasteiger partial charge in [0.15, 0.2) is 0 Å². The Morgan fingerprint density at radius 1 is 1.59 bits per heavy atom. The highest BCUT2D eigenvalue weighted by molar-refractivity contribution is 5.94. The Labute approximate surface area is 96.8 Å². The highest BCUT2D eigenvalue weighted by Crippen LogP contribution is 2.25. The fraction of sp³-hybridized carbons (Fsp3) is 0.400. The summed E-state index contributed by atoms with van der Waals surface area (Å²) in [6.07, 6.45) is -2.77. The number of rotatable bonds is 4. The predicted octanol–water partition coefficient (Wildman–Crippen LogP) is 1.24. The molecule has 0 aliphatic carbocycles. The van der Waals surface area contributed by atoms with Crippen LogP contribution in [0, 0.1) is 0 Å². The number of pyridine rings is 1. The molecular formula is C10H13F2N3O2. The summed E-state index contributed by atoms with van der Waals surface area (Å²) in [5.41, 5.74) is 10.2. The van der Waals surface area contributed by atoms with Crippen LogP contribution < -0.4 is 11.5 Å². The second-order valence-electron chi connectivity index (χ2n) is 3.18. The van der Waals surface area contributed by atoms with E-state index in [0.717, 1.165) is 6.07 Å². The van der Waals surface area contributed by atoms with Crippen molar-refractivity contribution in [2.24, 2.45) is 5.73 Å². The lowest BCUT2D eigenvalue weighted by Crippen LogP contribution is -2.14. The summed E-state index contributed by atoms with van der Waals surface area (Å²) < 4.78 is 30.1. The molecule has 0 bridgehead atoms. The van der Waals surface area contributed by atoms with Gasteiger partial charge in [-0.2, -0.15) is 0 Å². The van der Waals surface area contributed by atoms with Gasteiger partial charge in [0.25, 0.3) is 6.43 Å². The Morgan fingerprint density at radius 2 is 2.24 bits per heavy atom. The summed E-state index contributed by atoms with van der Waals surface area (Å²) in [5, 5.41) is 0. The lowest BCUT2D eigenvalue weighted by atomic mass is 10.1. The first-order valence-electron chi connectivity index (χ1n) is 4.95. The zero-order chi connectivity index (χ0) is 13.0. The summed E-state index contributed by atoms with van der Waals surface area (Å²) >= 11 is 0. The van der Waals surface area contributed by atoms with Crippen molar-refractivity contribution in [2.45, 2.75) is 19.9 Å². The first kappa shape index (κ1) is 13.3. The SMILES string of the molecule is CCOC(=O)c1cc(C(F)F)c(CN)nc1N. The van der Waals surface area contributed by atoms with Crippen molar-refractivity contribution in [1.29, 1.82) is 0 Å². The number of alkyl halides is 2. The number of nitrogens with zero attached hydrogens (tertiary/aromatic N) is 1. The van der Waals surface area contributed by atoms with Crippen LogP contribution in [0.1, 0.15) is 35.0 Å². The molecule has 0 saturated heterocycles. The molecule has 94 valence electrons. The van der Waals surface area contributed by atoms with E-state index < -0.39 is 18.0 Å². The number of aromatic nitrogens is 1. The quantitative estimate of drug-likeness (QED) is 0.778. The van der Waals surface area contributed by atoms with Gasteiger partial charge < -0.3 is 16.2 Å². The average molecular weight is 245 g/mol. The van der Waals surface area contributed by atoms with Gasteiger partial charge in [-0.25, -0.2) is 18.6 Å². The number of anilines is 1. The lowest BCUT2D eigenvalue weighted by Gasteiger charge is -2.11. The van der Waals surface area contributed by atoms with E-state index in [2.05, 4.69) is 9.72 Å². The van der Waals surface area contributed by atoms with Crippen molar-refractivity contribution >= 4 is 11.8 Å². The van der Waals surface area contributed by atoms with E-state index >= 15 is 0 Å². The van der Waals surface area contributed by atoms with Gasteiger partial charge in [0.2, 0.25) is 0 Å². The Kier molecular flexibility index (Phi) is 4.33. The number of nitrogen functional groups attached to an aromatic ring is 1. The molecule has 4 N–H and O–H groups in total. The van der Waals surface area contributed by atoms with Gasteiger partial charge in [0, 0.05) is 12.1 Å². The van der Waals surface area contributed by atoms with E-state index in [0.29, 0.717) is 0 Å². The van der Waals surface area contributed by atoms with Gasteiger partial charge >= 0.3 is 5.97 Å². The number of ether oxygens (including phenoxy) is 1. The van der Waals surface area contributed by atoms with Crippen LogP contribution in [0.5, 0.6) is 0 Å². The minimum Gasteiger partial charge on any atom is -0.462 e. The summed E-state index contributed by atoms with van der Waals surface area (Å²) in [5.74, 6) is -0.934. The van der Waals surface area contributed by atoms with Gasteiger partial charge in [-0.15, -0.1) is 0 Å². The van der Waals surface area contributed by atoms with E-state index in [1.54, 1.807) is 6.92 Å². The molecule has 0 saturated carbocycles. The Hall–Kier alpha value is -1.76. The van der Waals surface area contributed by atoms with Gasteiger partial charge in [0.1, 0.15) is 11.4 Å². The molecular weight excluding hydrogens is 232 g/mol. The van der Waals surface area contributed by atoms with Crippen LogP contribution in [-0.2, 0) is 11.3 Å². The molecule has 0 aromatic carbocycles. The summed E-state index contributed by atoms with van der Waals surface area (Å²) in [7, 11) is 0. The third-order valence-corrected chi connectivity index (χ3v) is 2.09. The molecule has 17 heavy (non-hydrogen) atoms. The molecule has 0 fully saturated rings. The van der Waals surface area contributed by atoms with Crippen molar-refractivity contribution in [1.82, 2.24) is 4.98 Å². The first-order valence-corrected chi connectivity index (χ1v) is 4.95. The van der Waals surface area contributed by atoms with Crippen molar-refractivity contribution in [2.75, 3.05) is 12.3 Å². The average Bonchev–Trinajstić information content (AvgIpc) is 2.28. The fourth-order valence-electron chi connectivity index (χ4n) is 1.31. The second-order valence-corrected chi connectivity index (χ2v) is 3.18.